The van der Waals surface area contributed by atoms with E-state index in [1.54, 1.807) is 6.92 Å². The van der Waals surface area contributed by atoms with Crippen LogP contribution in [0.5, 0.6) is 0 Å². The molecule has 1 heterocycles. The number of amides is 1. The van der Waals surface area contributed by atoms with Gasteiger partial charge in [-0.15, -0.1) is 0 Å². The lowest BCUT2D eigenvalue weighted by molar-refractivity contribution is -0.145. The molecular weight excluding hydrogens is 276 g/mol. The van der Waals surface area contributed by atoms with Gasteiger partial charge in [-0.2, -0.15) is 13.2 Å². The quantitative estimate of drug-likeness (QED) is 0.868. The van der Waals surface area contributed by atoms with E-state index in [4.69, 9.17) is 0 Å². The topological polar surface area (TPSA) is 32.3 Å². The predicted octanol–water partition coefficient (Wildman–Crippen LogP) is 2.60. The minimum absolute atomic E-state index is 0.386. The molecule has 20 heavy (non-hydrogen) atoms. The molecule has 0 aromatic heterocycles. The van der Waals surface area contributed by atoms with E-state index in [2.05, 4.69) is 5.32 Å². The van der Waals surface area contributed by atoms with Crippen LogP contribution < -0.4 is 5.32 Å². The minimum atomic E-state index is -4.32. The summed E-state index contributed by atoms with van der Waals surface area (Å²) in [6, 6.07) is 4.79. The first-order valence-electron chi connectivity index (χ1n) is 6.17. The molecule has 1 amide bonds. The Morgan fingerprint density at radius 3 is 2.40 bits per heavy atom. The van der Waals surface area contributed by atoms with Crippen molar-refractivity contribution in [2.24, 2.45) is 0 Å². The summed E-state index contributed by atoms with van der Waals surface area (Å²) in [5.41, 5.74) is 0.561. The number of nitrogens with zero attached hydrogens (tertiary/aromatic N) is 1. The number of carbonyl (C=O) groups is 1. The molecule has 1 fully saturated rings. The maximum absolute atomic E-state index is 12.9. The summed E-state index contributed by atoms with van der Waals surface area (Å²) in [4.78, 5) is 13.0. The Bertz CT molecular complexity index is 486. The monoisotopic (exact) mass is 290 g/mol. The number of hydrogen-bond acceptors (Lipinski definition) is 2. The first-order valence-corrected chi connectivity index (χ1v) is 6.17. The number of alkyl halides is 3. The number of carbonyl (C=O) groups excluding carboxylic acids is 1. The van der Waals surface area contributed by atoms with Gasteiger partial charge in [0.15, 0.2) is 0 Å². The zero-order valence-electron chi connectivity index (χ0n) is 10.7. The van der Waals surface area contributed by atoms with Crippen molar-refractivity contribution in [3.63, 3.8) is 0 Å². The van der Waals surface area contributed by atoms with Crippen LogP contribution in [0.25, 0.3) is 0 Å². The van der Waals surface area contributed by atoms with Crippen LogP contribution in [0.4, 0.5) is 17.6 Å². The standard InChI is InChI=1S/C13H14F4N2O/c1-8-12(20)19(7-6-13(15,16)17)11(18-8)9-2-4-10(14)5-3-9/h2-5,8,11,18H,6-7H2,1H3. The second-order valence-electron chi connectivity index (χ2n) is 4.74. The average molecular weight is 290 g/mol. The first-order chi connectivity index (χ1) is 9.28. The molecule has 1 N–H and O–H groups in total. The summed E-state index contributed by atoms with van der Waals surface area (Å²) < 4.78 is 49.8. The summed E-state index contributed by atoms with van der Waals surface area (Å²) >= 11 is 0. The molecule has 3 nitrogen and oxygen atoms in total. The predicted molar refractivity (Wildman–Crippen MR) is 64.1 cm³/mol. The van der Waals surface area contributed by atoms with Crippen LogP contribution in [-0.2, 0) is 4.79 Å². The number of benzene rings is 1. The van der Waals surface area contributed by atoms with Crippen LogP contribution in [0, 0.1) is 5.82 Å². The summed E-state index contributed by atoms with van der Waals surface area (Å²) in [5, 5.41) is 2.91. The van der Waals surface area contributed by atoms with Crippen molar-refractivity contribution >= 4 is 5.91 Å². The summed E-state index contributed by atoms with van der Waals surface area (Å²) in [5.74, 6) is -0.823. The van der Waals surface area contributed by atoms with Crippen molar-refractivity contribution in [3.8, 4) is 0 Å². The Balaban J connectivity index is 2.17. The van der Waals surface area contributed by atoms with E-state index < -0.39 is 37.2 Å². The highest BCUT2D eigenvalue weighted by Gasteiger charge is 2.39. The van der Waals surface area contributed by atoms with E-state index in [0.717, 1.165) is 4.90 Å². The second kappa shape index (κ2) is 5.40. The lowest BCUT2D eigenvalue weighted by Gasteiger charge is -2.25. The summed E-state index contributed by atoms with van der Waals surface area (Å²) in [7, 11) is 0. The molecule has 2 atom stereocenters. The van der Waals surface area contributed by atoms with E-state index in [1.165, 1.54) is 24.3 Å². The molecule has 110 valence electrons. The van der Waals surface area contributed by atoms with Crippen molar-refractivity contribution in [2.45, 2.75) is 31.7 Å². The van der Waals surface area contributed by atoms with Crippen molar-refractivity contribution in [3.05, 3.63) is 35.6 Å². The van der Waals surface area contributed by atoms with E-state index in [0.29, 0.717) is 5.56 Å². The van der Waals surface area contributed by atoms with Gasteiger partial charge in [0, 0.05) is 6.54 Å². The van der Waals surface area contributed by atoms with Crippen molar-refractivity contribution in [2.75, 3.05) is 6.54 Å². The summed E-state index contributed by atoms with van der Waals surface area (Å²) in [6.45, 7) is 1.17. The van der Waals surface area contributed by atoms with E-state index in [1.807, 2.05) is 0 Å². The van der Waals surface area contributed by atoms with Crippen LogP contribution in [0.3, 0.4) is 0 Å². The zero-order valence-corrected chi connectivity index (χ0v) is 10.7. The number of rotatable bonds is 3. The molecule has 2 unspecified atom stereocenters. The second-order valence-corrected chi connectivity index (χ2v) is 4.74. The van der Waals surface area contributed by atoms with E-state index >= 15 is 0 Å². The molecular formula is C13H14F4N2O. The number of halogens is 4. The molecule has 1 saturated heterocycles. The maximum atomic E-state index is 12.9. The Hall–Kier alpha value is -1.63. The van der Waals surface area contributed by atoms with Gasteiger partial charge < -0.3 is 4.90 Å². The van der Waals surface area contributed by atoms with Crippen LogP contribution in [0.15, 0.2) is 24.3 Å². The Labute approximate surface area is 113 Å². The third-order valence-electron chi connectivity index (χ3n) is 3.19. The fourth-order valence-corrected chi connectivity index (χ4v) is 2.18. The van der Waals surface area contributed by atoms with Gasteiger partial charge in [-0.3, -0.25) is 10.1 Å². The molecule has 0 aliphatic carbocycles. The van der Waals surface area contributed by atoms with Crippen molar-refractivity contribution in [1.29, 1.82) is 0 Å². The zero-order chi connectivity index (χ0) is 14.9. The largest absolute Gasteiger partial charge is 0.390 e. The van der Waals surface area contributed by atoms with Crippen LogP contribution in [-0.4, -0.2) is 29.6 Å². The smallest absolute Gasteiger partial charge is 0.321 e. The van der Waals surface area contributed by atoms with Gasteiger partial charge in [-0.1, -0.05) is 12.1 Å². The lowest BCUT2D eigenvalue weighted by atomic mass is 10.1. The Kier molecular flexibility index (Phi) is 3.99. The highest BCUT2D eigenvalue weighted by molar-refractivity contribution is 5.84. The molecule has 2 rings (SSSR count). The van der Waals surface area contributed by atoms with Gasteiger partial charge in [0.2, 0.25) is 5.91 Å². The van der Waals surface area contributed by atoms with Crippen LogP contribution in [0.1, 0.15) is 25.1 Å². The molecule has 0 radical (unpaired) electrons. The molecule has 1 aromatic carbocycles. The third-order valence-corrected chi connectivity index (χ3v) is 3.19. The van der Waals surface area contributed by atoms with Gasteiger partial charge in [-0.25, -0.2) is 4.39 Å². The first kappa shape index (κ1) is 14.8. The minimum Gasteiger partial charge on any atom is -0.321 e. The van der Waals surface area contributed by atoms with Crippen molar-refractivity contribution < 1.29 is 22.4 Å². The van der Waals surface area contributed by atoms with Gasteiger partial charge in [0.25, 0.3) is 0 Å². The number of hydrogen-bond donors (Lipinski definition) is 1. The van der Waals surface area contributed by atoms with Gasteiger partial charge in [0.1, 0.15) is 12.0 Å². The highest BCUT2D eigenvalue weighted by atomic mass is 19.4. The van der Waals surface area contributed by atoms with Crippen molar-refractivity contribution in [1.82, 2.24) is 10.2 Å². The Morgan fingerprint density at radius 2 is 1.85 bits per heavy atom. The van der Waals surface area contributed by atoms with Gasteiger partial charge in [-0.05, 0) is 24.6 Å². The summed E-state index contributed by atoms with van der Waals surface area (Å²) in [6.07, 6.45) is -6.04. The van der Waals surface area contributed by atoms with E-state index in [9.17, 15) is 22.4 Å². The lowest BCUT2D eigenvalue weighted by Crippen LogP contribution is -2.33. The highest BCUT2D eigenvalue weighted by Crippen LogP contribution is 2.28. The maximum Gasteiger partial charge on any atom is 0.390 e. The average Bonchev–Trinajstić information content (AvgIpc) is 2.63. The fraction of sp³-hybridized carbons (Fsp3) is 0.462. The van der Waals surface area contributed by atoms with Crippen LogP contribution >= 0.6 is 0 Å². The molecule has 0 saturated carbocycles. The molecule has 1 aromatic rings. The normalized spacial score (nSPS) is 23.4. The van der Waals surface area contributed by atoms with Crippen LogP contribution in [0.2, 0.25) is 0 Å². The molecule has 1 aliphatic heterocycles. The Morgan fingerprint density at radius 1 is 1.25 bits per heavy atom. The number of nitrogens with one attached hydrogen (secondary N) is 1. The molecule has 0 spiro atoms. The SMILES string of the molecule is CC1NC(c2ccc(F)cc2)N(CCC(F)(F)F)C1=O. The van der Waals surface area contributed by atoms with E-state index in [-0.39, 0.29) is 5.91 Å². The van der Waals surface area contributed by atoms with Gasteiger partial charge in [0.05, 0.1) is 12.5 Å². The molecule has 0 bridgehead atoms. The fourth-order valence-electron chi connectivity index (χ4n) is 2.18. The third kappa shape index (κ3) is 3.27. The molecule has 1 aliphatic rings. The molecule has 7 heteroatoms. The van der Waals surface area contributed by atoms with Gasteiger partial charge >= 0.3 is 6.18 Å².